The zero-order valence-corrected chi connectivity index (χ0v) is 19.4. The van der Waals surface area contributed by atoms with Gasteiger partial charge in [-0.25, -0.2) is 0 Å². The highest BCUT2D eigenvalue weighted by Gasteiger charge is 2.09. The van der Waals surface area contributed by atoms with Crippen LogP contribution in [0.3, 0.4) is 0 Å². The Hall–Kier alpha value is -1.06. The zero-order chi connectivity index (χ0) is 18.6. The maximum absolute atomic E-state index is 5.39. The molecule has 1 aromatic rings. The first kappa shape index (κ1) is 24.0. The van der Waals surface area contributed by atoms with Crippen LogP contribution < -0.4 is 15.5 Å². The standard InChI is InChI=1S/C20H35N5O.HI/c1-4-21-20(22-9-11-24-13-15-26-16-14-24)23-10-12-25(5-2)19-8-6-7-18(3)17-19;/h6-8,17H,4-5,9-16H2,1-3H3,(H2,21,22,23);1H. The summed E-state index contributed by atoms with van der Waals surface area (Å²) in [6.07, 6.45) is 0. The van der Waals surface area contributed by atoms with Crippen LogP contribution in [-0.4, -0.2) is 76.4 Å². The van der Waals surface area contributed by atoms with E-state index in [2.05, 4.69) is 65.5 Å². The van der Waals surface area contributed by atoms with Gasteiger partial charge in [-0.15, -0.1) is 24.0 Å². The Balaban J connectivity index is 0.00000364. The molecular formula is C20H36IN5O. The summed E-state index contributed by atoms with van der Waals surface area (Å²) in [5, 5.41) is 6.80. The van der Waals surface area contributed by atoms with Crippen LogP contribution in [0.5, 0.6) is 0 Å². The predicted octanol–water partition coefficient (Wildman–Crippen LogP) is 2.33. The van der Waals surface area contributed by atoms with Gasteiger partial charge in [-0.05, 0) is 38.5 Å². The highest BCUT2D eigenvalue weighted by molar-refractivity contribution is 14.0. The molecule has 1 heterocycles. The summed E-state index contributed by atoms with van der Waals surface area (Å²) in [7, 11) is 0. The molecular weight excluding hydrogens is 453 g/mol. The van der Waals surface area contributed by atoms with Crippen molar-refractivity contribution in [2.24, 2.45) is 4.99 Å². The molecule has 0 amide bonds. The molecule has 27 heavy (non-hydrogen) atoms. The molecule has 0 spiro atoms. The van der Waals surface area contributed by atoms with Crippen LogP contribution in [0, 0.1) is 6.92 Å². The Morgan fingerprint density at radius 1 is 1.22 bits per heavy atom. The SMILES string of the molecule is CCNC(=NCCN1CCOCC1)NCCN(CC)c1cccc(C)c1.I. The maximum Gasteiger partial charge on any atom is 0.191 e. The van der Waals surface area contributed by atoms with E-state index in [-0.39, 0.29) is 24.0 Å². The summed E-state index contributed by atoms with van der Waals surface area (Å²) >= 11 is 0. The van der Waals surface area contributed by atoms with Crippen molar-refractivity contribution in [3.63, 3.8) is 0 Å². The van der Waals surface area contributed by atoms with E-state index in [9.17, 15) is 0 Å². The van der Waals surface area contributed by atoms with Crippen molar-refractivity contribution in [2.75, 3.05) is 70.5 Å². The van der Waals surface area contributed by atoms with Crippen molar-refractivity contribution in [3.8, 4) is 0 Å². The van der Waals surface area contributed by atoms with E-state index >= 15 is 0 Å². The van der Waals surface area contributed by atoms with E-state index in [1.165, 1.54) is 11.3 Å². The second kappa shape index (κ2) is 14.0. The number of hydrogen-bond acceptors (Lipinski definition) is 4. The van der Waals surface area contributed by atoms with Crippen molar-refractivity contribution in [3.05, 3.63) is 29.8 Å². The van der Waals surface area contributed by atoms with Gasteiger partial charge in [-0.2, -0.15) is 0 Å². The molecule has 0 bridgehead atoms. The van der Waals surface area contributed by atoms with Crippen LogP contribution in [0.4, 0.5) is 5.69 Å². The Bertz CT molecular complexity index is 549. The van der Waals surface area contributed by atoms with E-state index < -0.39 is 0 Å². The van der Waals surface area contributed by atoms with E-state index in [1.54, 1.807) is 0 Å². The van der Waals surface area contributed by atoms with Gasteiger partial charge in [0.15, 0.2) is 5.96 Å². The predicted molar refractivity (Wildman–Crippen MR) is 126 cm³/mol. The topological polar surface area (TPSA) is 52.1 Å². The van der Waals surface area contributed by atoms with Crippen molar-refractivity contribution < 1.29 is 4.74 Å². The molecule has 154 valence electrons. The van der Waals surface area contributed by atoms with Gasteiger partial charge in [0.05, 0.1) is 19.8 Å². The molecule has 0 saturated carbocycles. The molecule has 1 aliphatic rings. The molecule has 0 aromatic heterocycles. The third-order valence-corrected chi connectivity index (χ3v) is 4.56. The Morgan fingerprint density at radius 3 is 2.67 bits per heavy atom. The van der Waals surface area contributed by atoms with Crippen molar-refractivity contribution in [1.82, 2.24) is 15.5 Å². The molecule has 7 heteroatoms. The first-order valence-corrected chi connectivity index (χ1v) is 9.86. The molecule has 1 fully saturated rings. The summed E-state index contributed by atoms with van der Waals surface area (Å²) in [5.74, 6) is 0.904. The number of guanidine groups is 1. The summed E-state index contributed by atoms with van der Waals surface area (Å²) in [6.45, 7) is 15.6. The van der Waals surface area contributed by atoms with Crippen LogP contribution in [0.15, 0.2) is 29.3 Å². The molecule has 6 nitrogen and oxygen atoms in total. The number of aryl methyl sites for hydroxylation is 1. The molecule has 1 aromatic carbocycles. The van der Waals surface area contributed by atoms with E-state index in [1.807, 2.05) is 0 Å². The largest absolute Gasteiger partial charge is 0.379 e. The zero-order valence-electron chi connectivity index (χ0n) is 17.0. The molecule has 0 atom stereocenters. The summed E-state index contributed by atoms with van der Waals surface area (Å²) < 4.78 is 5.39. The molecule has 0 aliphatic carbocycles. The quantitative estimate of drug-likeness (QED) is 0.317. The molecule has 1 aliphatic heterocycles. The van der Waals surface area contributed by atoms with Gasteiger partial charge in [-0.3, -0.25) is 9.89 Å². The molecule has 0 radical (unpaired) electrons. The number of ether oxygens (including phenoxy) is 1. The molecule has 1 saturated heterocycles. The van der Waals surface area contributed by atoms with Gasteiger partial charge in [0, 0.05) is 51.5 Å². The Morgan fingerprint density at radius 2 is 2.00 bits per heavy atom. The van der Waals surface area contributed by atoms with Crippen LogP contribution in [-0.2, 0) is 4.74 Å². The number of likely N-dealkylation sites (N-methyl/N-ethyl adjacent to an activating group) is 1. The monoisotopic (exact) mass is 489 g/mol. The minimum atomic E-state index is 0. The van der Waals surface area contributed by atoms with Gasteiger partial charge in [-0.1, -0.05) is 12.1 Å². The Labute approximate surface area is 181 Å². The van der Waals surface area contributed by atoms with Crippen LogP contribution in [0.1, 0.15) is 19.4 Å². The van der Waals surface area contributed by atoms with Gasteiger partial charge >= 0.3 is 0 Å². The van der Waals surface area contributed by atoms with Crippen LogP contribution >= 0.6 is 24.0 Å². The Kier molecular flexibility index (Phi) is 12.4. The lowest BCUT2D eigenvalue weighted by Gasteiger charge is -2.26. The normalized spacial score (nSPS) is 15.1. The average Bonchev–Trinajstić information content (AvgIpc) is 2.66. The minimum absolute atomic E-state index is 0. The average molecular weight is 489 g/mol. The van der Waals surface area contributed by atoms with Crippen molar-refractivity contribution in [1.29, 1.82) is 0 Å². The van der Waals surface area contributed by atoms with E-state index in [0.29, 0.717) is 0 Å². The highest BCUT2D eigenvalue weighted by Crippen LogP contribution is 2.14. The van der Waals surface area contributed by atoms with E-state index in [0.717, 1.165) is 71.5 Å². The lowest BCUT2D eigenvalue weighted by molar-refractivity contribution is 0.0394. The number of nitrogens with zero attached hydrogens (tertiary/aromatic N) is 3. The first-order valence-electron chi connectivity index (χ1n) is 9.86. The van der Waals surface area contributed by atoms with Crippen LogP contribution in [0.2, 0.25) is 0 Å². The van der Waals surface area contributed by atoms with Gasteiger partial charge in [0.25, 0.3) is 0 Å². The van der Waals surface area contributed by atoms with Gasteiger partial charge < -0.3 is 20.3 Å². The highest BCUT2D eigenvalue weighted by atomic mass is 127. The minimum Gasteiger partial charge on any atom is -0.379 e. The fourth-order valence-electron chi connectivity index (χ4n) is 3.07. The van der Waals surface area contributed by atoms with Crippen molar-refractivity contribution in [2.45, 2.75) is 20.8 Å². The van der Waals surface area contributed by atoms with Crippen molar-refractivity contribution >= 4 is 35.6 Å². The van der Waals surface area contributed by atoms with Crippen LogP contribution in [0.25, 0.3) is 0 Å². The third-order valence-electron chi connectivity index (χ3n) is 4.56. The lowest BCUT2D eigenvalue weighted by Crippen LogP contribution is -2.42. The summed E-state index contributed by atoms with van der Waals surface area (Å²) in [6, 6.07) is 8.68. The number of rotatable bonds is 9. The fourth-order valence-corrected chi connectivity index (χ4v) is 3.07. The number of hydrogen-bond donors (Lipinski definition) is 2. The molecule has 2 rings (SSSR count). The number of aliphatic imine (C=N–C) groups is 1. The van der Waals surface area contributed by atoms with Gasteiger partial charge in [0.2, 0.25) is 0 Å². The van der Waals surface area contributed by atoms with Gasteiger partial charge in [0.1, 0.15) is 0 Å². The number of morpholine rings is 1. The first-order chi connectivity index (χ1) is 12.7. The smallest absolute Gasteiger partial charge is 0.191 e. The summed E-state index contributed by atoms with van der Waals surface area (Å²) in [4.78, 5) is 9.51. The second-order valence-electron chi connectivity index (χ2n) is 6.56. The third kappa shape index (κ3) is 9.12. The number of anilines is 1. The second-order valence-corrected chi connectivity index (χ2v) is 6.56. The number of benzene rings is 1. The summed E-state index contributed by atoms with van der Waals surface area (Å²) in [5.41, 5.74) is 2.58. The number of nitrogens with one attached hydrogen (secondary N) is 2. The molecule has 0 unspecified atom stereocenters. The maximum atomic E-state index is 5.39. The van der Waals surface area contributed by atoms with E-state index in [4.69, 9.17) is 9.73 Å². The number of halogens is 1. The fraction of sp³-hybridized carbons (Fsp3) is 0.650. The molecule has 2 N–H and O–H groups in total. The lowest BCUT2D eigenvalue weighted by atomic mass is 10.2.